The topological polar surface area (TPSA) is 112 Å². The van der Waals surface area contributed by atoms with Crippen LogP contribution < -0.4 is 5.32 Å². The number of hydrogen-bond acceptors (Lipinski definition) is 5. The molecule has 7 nitrogen and oxygen atoms in total. The lowest BCUT2D eigenvalue weighted by atomic mass is 10.2. The van der Waals surface area contributed by atoms with Crippen molar-refractivity contribution in [2.24, 2.45) is 0 Å². The number of ketones is 1. The lowest BCUT2D eigenvalue weighted by Gasteiger charge is -2.13. The van der Waals surface area contributed by atoms with Gasteiger partial charge >= 0.3 is 5.97 Å². The van der Waals surface area contributed by atoms with Gasteiger partial charge in [-0.2, -0.15) is 5.26 Å². The van der Waals surface area contributed by atoms with Crippen LogP contribution in [0.4, 0.5) is 5.69 Å². The number of H-pyrrole nitrogens is 1. The van der Waals surface area contributed by atoms with Gasteiger partial charge in [-0.25, -0.2) is 4.79 Å². The maximum atomic E-state index is 12.1. The molecule has 24 heavy (non-hydrogen) atoms. The molecule has 0 spiro atoms. The number of Topliss-reactive ketones (excluding diaryl/α,β-unsaturated/α-hetero) is 1. The summed E-state index contributed by atoms with van der Waals surface area (Å²) in [6.45, 7) is 2.81. The molecule has 2 rings (SSSR count). The minimum atomic E-state index is -1.05. The van der Waals surface area contributed by atoms with E-state index in [-0.39, 0.29) is 11.5 Å². The van der Waals surface area contributed by atoms with Gasteiger partial charge in [0, 0.05) is 17.4 Å². The summed E-state index contributed by atoms with van der Waals surface area (Å²) in [7, 11) is 0. The van der Waals surface area contributed by atoms with E-state index in [2.05, 4.69) is 10.3 Å². The highest BCUT2D eigenvalue weighted by atomic mass is 16.5. The Kier molecular flexibility index (Phi) is 5.12. The smallest absolute Gasteiger partial charge is 0.355 e. The molecule has 0 unspecified atom stereocenters. The average molecular weight is 325 g/mol. The molecule has 0 aliphatic carbocycles. The number of hydrogen-bond donors (Lipinski definition) is 2. The number of aromatic nitrogens is 1. The maximum absolute atomic E-state index is 12.1. The fourth-order valence-corrected chi connectivity index (χ4v) is 1.90. The van der Waals surface area contributed by atoms with E-state index in [0.717, 1.165) is 0 Å². The van der Waals surface area contributed by atoms with Crippen molar-refractivity contribution in [3.05, 3.63) is 53.3 Å². The standard InChI is InChI=1S/C17H15N3O4/c1-10(21)13-7-15(19-9-13)17(23)24-11(2)16(22)20-14-5-3-4-12(6-14)8-18/h3-7,9,11,19H,1-2H3,(H,20,22)/t11-/m0/s1. The average Bonchev–Trinajstić information content (AvgIpc) is 3.05. The first-order valence-electron chi connectivity index (χ1n) is 7.12. The van der Waals surface area contributed by atoms with Gasteiger partial charge in [0.15, 0.2) is 11.9 Å². The first-order chi connectivity index (χ1) is 11.4. The van der Waals surface area contributed by atoms with Crippen LogP contribution in [0.2, 0.25) is 0 Å². The Labute approximate surface area is 138 Å². The second-order valence-corrected chi connectivity index (χ2v) is 5.09. The molecular weight excluding hydrogens is 310 g/mol. The van der Waals surface area contributed by atoms with Crippen LogP contribution in [-0.2, 0) is 9.53 Å². The Hall–Kier alpha value is -3.40. The molecule has 1 aromatic heterocycles. The second kappa shape index (κ2) is 7.24. The number of carbonyl (C=O) groups is 3. The normalized spacial score (nSPS) is 11.2. The molecule has 0 bridgehead atoms. The fourth-order valence-electron chi connectivity index (χ4n) is 1.90. The molecule has 0 saturated heterocycles. The molecular formula is C17H15N3O4. The minimum Gasteiger partial charge on any atom is -0.448 e. The lowest BCUT2D eigenvalue weighted by molar-refractivity contribution is -0.123. The molecule has 122 valence electrons. The zero-order chi connectivity index (χ0) is 17.7. The predicted octanol–water partition coefficient (Wildman–Crippen LogP) is 2.27. The van der Waals surface area contributed by atoms with Crippen LogP contribution >= 0.6 is 0 Å². The second-order valence-electron chi connectivity index (χ2n) is 5.09. The van der Waals surface area contributed by atoms with Gasteiger partial charge in [0.05, 0.1) is 11.6 Å². The predicted molar refractivity (Wildman–Crippen MR) is 85.5 cm³/mol. The SMILES string of the molecule is CC(=O)c1c[nH]c(C(=O)O[C@@H](C)C(=O)Nc2cccc(C#N)c2)c1. The molecule has 0 aliphatic heterocycles. The third kappa shape index (κ3) is 4.08. The van der Waals surface area contributed by atoms with Crippen molar-refractivity contribution in [1.82, 2.24) is 4.98 Å². The summed E-state index contributed by atoms with van der Waals surface area (Å²) in [5.41, 5.74) is 1.28. The lowest BCUT2D eigenvalue weighted by Crippen LogP contribution is -2.30. The van der Waals surface area contributed by atoms with Gasteiger partial charge in [0.1, 0.15) is 5.69 Å². The summed E-state index contributed by atoms with van der Waals surface area (Å²) in [6, 6.07) is 9.71. The van der Waals surface area contributed by atoms with Crippen LogP contribution in [0.15, 0.2) is 36.5 Å². The number of aromatic amines is 1. The third-order valence-corrected chi connectivity index (χ3v) is 3.22. The summed E-state index contributed by atoms with van der Waals surface area (Å²) < 4.78 is 5.06. The van der Waals surface area contributed by atoms with Gasteiger partial charge in [-0.3, -0.25) is 9.59 Å². The van der Waals surface area contributed by atoms with Crippen molar-refractivity contribution < 1.29 is 19.1 Å². The number of ether oxygens (including phenoxy) is 1. The Morgan fingerprint density at radius 1 is 1.29 bits per heavy atom. The van der Waals surface area contributed by atoms with E-state index in [1.807, 2.05) is 6.07 Å². The minimum absolute atomic E-state index is 0.0892. The highest BCUT2D eigenvalue weighted by Gasteiger charge is 2.20. The first kappa shape index (κ1) is 17.0. The monoisotopic (exact) mass is 325 g/mol. The van der Waals surface area contributed by atoms with E-state index in [0.29, 0.717) is 16.8 Å². The Bertz CT molecular complexity index is 832. The third-order valence-electron chi connectivity index (χ3n) is 3.22. The summed E-state index contributed by atoms with van der Waals surface area (Å²) in [6.07, 6.45) is 0.351. The number of nitriles is 1. The zero-order valence-electron chi connectivity index (χ0n) is 13.1. The van der Waals surface area contributed by atoms with E-state index in [4.69, 9.17) is 10.00 Å². The van der Waals surface area contributed by atoms with Gasteiger partial charge in [0.25, 0.3) is 5.91 Å². The van der Waals surface area contributed by atoms with Crippen LogP contribution in [-0.4, -0.2) is 28.7 Å². The highest BCUT2D eigenvalue weighted by Crippen LogP contribution is 2.12. The Morgan fingerprint density at radius 2 is 2.04 bits per heavy atom. The number of carbonyl (C=O) groups excluding carboxylic acids is 3. The van der Waals surface area contributed by atoms with Crippen LogP contribution in [0.1, 0.15) is 40.3 Å². The van der Waals surface area contributed by atoms with Crippen molar-refractivity contribution in [1.29, 1.82) is 5.26 Å². The van der Waals surface area contributed by atoms with Gasteiger partial charge in [0.2, 0.25) is 0 Å². The summed E-state index contributed by atoms with van der Waals surface area (Å²) >= 11 is 0. The first-order valence-corrected chi connectivity index (χ1v) is 7.12. The molecule has 2 aromatic rings. The van der Waals surface area contributed by atoms with E-state index < -0.39 is 18.0 Å². The number of anilines is 1. The van der Waals surface area contributed by atoms with Crippen LogP contribution in [0.25, 0.3) is 0 Å². The molecule has 0 radical (unpaired) electrons. The van der Waals surface area contributed by atoms with E-state index in [1.54, 1.807) is 18.2 Å². The number of rotatable bonds is 5. The molecule has 1 amide bonds. The molecule has 0 aliphatic rings. The highest BCUT2D eigenvalue weighted by molar-refractivity contribution is 5.99. The fraction of sp³-hybridized carbons (Fsp3) is 0.176. The maximum Gasteiger partial charge on any atom is 0.355 e. The van der Waals surface area contributed by atoms with Gasteiger partial charge in [-0.15, -0.1) is 0 Å². The van der Waals surface area contributed by atoms with E-state index in [9.17, 15) is 14.4 Å². The van der Waals surface area contributed by atoms with Crippen LogP contribution in [0.5, 0.6) is 0 Å². The van der Waals surface area contributed by atoms with Crippen molar-refractivity contribution in [3.63, 3.8) is 0 Å². The molecule has 1 aromatic carbocycles. The zero-order valence-corrected chi connectivity index (χ0v) is 13.1. The molecule has 0 saturated carbocycles. The van der Waals surface area contributed by atoms with Crippen molar-refractivity contribution in [2.45, 2.75) is 20.0 Å². The number of esters is 1. The summed E-state index contributed by atoms with van der Waals surface area (Å²) in [5.74, 6) is -1.46. The summed E-state index contributed by atoms with van der Waals surface area (Å²) in [5, 5.41) is 11.4. The van der Waals surface area contributed by atoms with Crippen molar-refractivity contribution >= 4 is 23.3 Å². The van der Waals surface area contributed by atoms with E-state index in [1.165, 1.54) is 32.2 Å². The van der Waals surface area contributed by atoms with Crippen LogP contribution in [0.3, 0.4) is 0 Å². The molecule has 2 N–H and O–H groups in total. The number of benzene rings is 1. The van der Waals surface area contributed by atoms with Gasteiger partial charge in [-0.05, 0) is 38.1 Å². The number of nitrogens with zero attached hydrogens (tertiary/aromatic N) is 1. The molecule has 7 heteroatoms. The van der Waals surface area contributed by atoms with E-state index >= 15 is 0 Å². The largest absolute Gasteiger partial charge is 0.448 e. The van der Waals surface area contributed by atoms with Crippen molar-refractivity contribution in [3.8, 4) is 6.07 Å². The molecule has 0 fully saturated rings. The Balaban J connectivity index is 1.98. The summed E-state index contributed by atoms with van der Waals surface area (Å²) in [4.78, 5) is 37.9. The molecule has 1 atom stereocenters. The van der Waals surface area contributed by atoms with Crippen molar-refractivity contribution in [2.75, 3.05) is 5.32 Å². The molecule has 1 heterocycles. The quantitative estimate of drug-likeness (QED) is 0.647. The Morgan fingerprint density at radius 3 is 2.67 bits per heavy atom. The van der Waals surface area contributed by atoms with Gasteiger partial charge < -0.3 is 15.0 Å². The van der Waals surface area contributed by atoms with Gasteiger partial charge in [-0.1, -0.05) is 6.07 Å². The number of amides is 1. The van der Waals surface area contributed by atoms with Crippen LogP contribution in [0, 0.1) is 11.3 Å². The number of nitrogens with one attached hydrogen (secondary N) is 2.